The molecule has 0 saturated carbocycles. The van der Waals surface area contributed by atoms with Crippen LogP contribution in [0.2, 0.25) is 5.02 Å². The Morgan fingerprint density at radius 1 is 1.23 bits per heavy atom. The Morgan fingerprint density at radius 3 is 2.59 bits per heavy atom. The van der Waals surface area contributed by atoms with Crippen molar-refractivity contribution in [3.63, 3.8) is 0 Å². The number of nitrogens with zero attached hydrogens (tertiary/aromatic N) is 2. The lowest BCUT2D eigenvalue weighted by atomic mass is 10.2. The smallest absolute Gasteiger partial charge is 0.335 e. The highest BCUT2D eigenvalue weighted by molar-refractivity contribution is 6.30. The van der Waals surface area contributed by atoms with E-state index in [0.717, 1.165) is 4.57 Å². The number of benzene rings is 1. The molecule has 7 heteroatoms. The van der Waals surface area contributed by atoms with Gasteiger partial charge in [-0.25, -0.2) is 9.36 Å². The van der Waals surface area contributed by atoms with Gasteiger partial charge in [-0.05, 0) is 42.5 Å². The molecule has 110 valence electrons. The molecule has 0 spiro atoms. The molecule has 2 aromatic rings. The molecule has 0 saturated heterocycles. The van der Waals surface area contributed by atoms with E-state index in [9.17, 15) is 14.7 Å². The third kappa shape index (κ3) is 2.51. The summed E-state index contributed by atoms with van der Waals surface area (Å²) < 4.78 is 0.993. The number of H-pyrrole nitrogens is 1. The highest BCUT2D eigenvalue weighted by Crippen LogP contribution is 2.21. The lowest BCUT2D eigenvalue weighted by molar-refractivity contribution is 0.429. The van der Waals surface area contributed by atoms with Crippen molar-refractivity contribution in [2.75, 3.05) is 0 Å². The number of aliphatic imine (C=N–C) groups is 1. The van der Waals surface area contributed by atoms with Crippen molar-refractivity contribution in [2.24, 2.45) is 4.99 Å². The van der Waals surface area contributed by atoms with Gasteiger partial charge in [-0.1, -0.05) is 11.6 Å². The second-order valence-corrected chi connectivity index (χ2v) is 4.95. The molecule has 0 bridgehead atoms. The summed E-state index contributed by atoms with van der Waals surface area (Å²) in [5.74, 6) is -0.459. The van der Waals surface area contributed by atoms with Crippen LogP contribution in [0.4, 0.5) is 0 Å². The maximum Gasteiger partial charge on any atom is 0.335 e. The molecule has 1 aliphatic heterocycles. The van der Waals surface area contributed by atoms with Gasteiger partial charge in [0.05, 0.1) is 11.4 Å². The van der Waals surface area contributed by atoms with E-state index in [1.807, 2.05) is 0 Å². The Morgan fingerprint density at radius 2 is 1.95 bits per heavy atom. The second kappa shape index (κ2) is 5.50. The number of hydrogen-bond donors (Lipinski definition) is 2. The zero-order chi connectivity index (χ0) is 15.7. The number of hydrogen-bond acceptors (Lipinski definition) is 4. The molecule has 2 heterocycles. The summed E-state index contributed by atoms with van der Waals surface area (Å²) in [6.45, 7) is 0. The normalized spacial score (nSPS) is 14.9. The van der Waals surface area contributed by atoms with E-state index in [1.54, 1.807) is 42.6 Å². The van der Waals surface area contributed by atoms with Crippen LogP contribution in [0.3, 0.4) is 0 Å². The third-order valence-electron chi connectivity index (χ3n) is 3.07. The largest absolute Gasteiger partial charge is 0.494 e. The van der Waals surface area contributed by atoms with Crippen LogP contribution in [-0.4, -0.2) is 20.9 Å². The number of aromatic amines is 1. The Bertz CT molecular complexity index is 920. The van der Waals surface area contributed by atoms with Gasteiger partial charge in [0, 0.05) is 11.2 Å². The van der Waals surface area contributed by atoms with Crippen LogP contribution in [0.5, 0.6) is 5.88 Å². The van der Waals surface area contributed by atoms with Crippen LogP contribution in [0.25, 0.3) is 11.8 Å². The minimum absolute atomic E-state index is 0.0479. The Kier molecular flexibility index (Phi) is 3.52. The molecule has 0 fully saturated rings. The van der Waals surface area contributed by atoms with E-state index >= 15 is 0 Å². The van der Waals surface area contributed by atoms with Gasteiger partial charge in [0.2, 0.25) is 5.88 Å². The zero-order valence-corrected chi connectivity index (χ0v) is 11.9. The molecule has 1 aromatic carbocycles. The van der Waals surface area contributed by atoms with Crippen LogP contribution in [0.1, 0.15) is 5.56 Å². The molecular weight excluding hydrogens is 306 g/mol. The van der Waals surface area contributed by atoms with E-state index in [-0.39, 0.29) is 5.56 Å². The average Bonchev–Trinajstić information content (AvgIpc) is 2.98. The first-order valence-electron chi connectivity index (χ1n) is 6.33. The van der Waals surface area contributed by atoms with E-state index < -0.39 is 17.1 Å². The quantitative estimate of drug-likeness (QED) is 0.886. The van der Waals surface area contributed by atoms with Crippen molar-refractivity contribution in [2.45, 2.75) is 0 Å². The molecule has 1 aliphatic rings. The molecule has 0 atom stereocenters. The Labute approximate surface area is 129 Å². The van der Waals surface area contributed by atoms with Gasteiger partial charge in [0.1, 0.15) is 5.56 Å². The van der Waals surface area contributed by atoms with Crippen molar-refractivity contribution in [1.29, 1.82) is 0 Å². The van der Waals surface area contributed by atoms with Crippen LogP contribution >= 0.6 is 11.6 Å². The summed E-state index contributed by atoms with van der Waals surface area (Å²) in [7, 11) is 0. The van der Waals surface area contributed by atoms with Gasteiger partial charge in [-0.15, -0.1) is 0 Å². The molecule has 0 amide bonds. The highest BCUT2D eigenvalue weighted by Gasteiger charge is 2.14. The fourth-order valence-electron chi connectivity index (χ4n) is 2.05. The SMILES string of the molecule is O=c1[nH]c(=O)n(-c2ccc(Cl)cc2)c(O)c1/C=C1/C=CC=N1. The maximum absolute atomic E-state index is 12.0. The molecule has 0 aliphatic carbocycles. The van der Waals surface area contributed by atoms with Gasteiger partial charge < -0.3 is 5.11 Å². The Hall–Kier alpha value is -2.86. The first kappa shape index (κ1) is 14.1. The number of allylic oxidation sites excluding steroid dienone is 2. The Balaban J connectivity index is 2.24. The summed E-state index contributed by atoms with van der Waals surface area (Å²) >= 11 is 5.81. The second-order valence-electron chi connectivity index (χ2n) is 4.51. The molecule has 2 N–H and O–H groups in total. The van der Waals surface area contributed by atoms with Crippen molar-refractivity contribution in [3.8, 4) is 11.6 Å². The van der Waals surface area contributed by atoms with Gasteiger partial charge >= 0.3 is 5.69 Å². The van der Waals surface area contributed by atoms with Crippen LogP contribution < -0.4 is 11.2 Å². The van der Waals surface area contributed by atoms with Crippen LogP contribution in [0.15, 0.2) is 56.7 Å². The molecule has 0 unspecified atom stereocenters. The summed E-state index contributed by atoms with van der Waals surface area (Å²) in [6, 6.07) is 6.28. The van der Waals surface area contributed by atoms with Crippen LogP contribution in [-0.2, 0) is 0 Å². The van der Waals surface area contributed by atoms with Crippen molar-refractivity contribution < 1.29 is 5.11 Å². The first-order valence-corrected chi connectivity index (χ1v) is 6.71. The fraction of sp³-hybridized carbons (Fsp3) is 0. The van der Waals surface area contributed by atoms with E-state index in [1.165, 1.54) is 6.08 Å². The summed E-state index contributed by atoms with van der Waals surface area (Å²) in [6.07, 6.45) is 6.34. The zero-order valence-electron chi connectivity index (χ0n) is 11.2. The first-order chi connectivity index (χ1) is 10.6. The molecule has 3 rings (SSSR count). The minimum Gasteiger partial charge on any atom is -0.494 e. The molecule has 22 heavy (non-hydrogen) atoms. The summed E-state index contributed by atoms with van der Waals surface area (Å²) in [4.78, 5) is 30.1. The van der Waals surface area contributed by atoms with Crippen molar-refractivity contribution in [1.82, 2.24) is 9.55 Å². The third-order valence-corrected chi connectivity index (χ3v) is 3.33. The topological polar surface area (TPSA) is 87.5 Å². The van der Waals surface area contributed by atoms with Gasteiger partial charge in [-0.2, -0.15) is 0 Å². The molecule has 0 radical (unpaired) electrons. The molecule has 1 aromatic heterocycles. The maximum atomic E-state index is 12.0. The van der Waals surface area contributed by atoms with Crippen LogP contribution in [0, 0.1) is 0 Å². The lowest BCUT2D eigenvalue weighted by Crippen LogP contribution is -2.30. The average molecular weight is 316 g/mol. The van der Waals surface area contributed by atoms with E-state index in [4.69, 9.17) is 11.6 Å². The minimum atomic E-state index is -0.738. The lowest BCUT2D eigenvalue weighted by Gasteiger charge is -2.09. The monoisotopic (exact) mass is 315 g/mol. The van der Waals surface area contributed by atoms with E-state index in [0.29, 0.717) is 16.4 Å². The fourth-order valence-corrected chi connectivity index (χ4v) is 2.17. The predicted octanol–water partition coefficient (Wildman–Crippen LogP) is 1.87. The number of nitrogens with one attached hydrogen (secondary N) is 1. The summed E-state index contributed by atoms with van der Waals surface area (Å²) in [5.41, 5.74) is -0.586. The number of aromatic nitrogens is 2. The molecular formula is C15H10ClN3O3. The standard InChI is InChI=1S/C15H10ClN3O3/c16-9-3-5-11(6-4-9)19-14(21)12(13(20)18-15(19)22)8-10-2-1-7-17-10/h1-8,21H,(H,18,20,22)/b10-8-. The van der Waals surface area contributed by atoms with Crippen molar-refractivity contribution >= 4 is 23.9 Å². The predicted molar refractivity (Wildman–Crippen MR) is 84.9 cm³/mol. The summed E-state index contributed by atoms with van der Waals surface area (Å²) in [5, 5.41) is 10.8. The number of aromatic hydroxyl groups is 1. The van der Waals surface area contributed by atoms with Gasteiger partial charge in [0.25, 0.3) is 5.56 Å². The van der Waals surface area contributed by atoms with Crippen molar-refractivity contribution in [3.05, 3.63) is 73.5 Å². The number of rotatable bonds is 2. The van der Waals surface area contributed by atoms with E-state index in [2.05, 4.69) is 9.98 Å². The highest BCUT2D eigenvalue weighted by atomic mass is 35.5. The van der Waals surface area contributed by atoms with Gasteiger partial charge in [0.15, 0.2) is 0 Å². The molecule has 6 nitrogen and oxygen atoms in total. The van der Waals surface area contributed by atoms with Gasteiger partial charge in [-0.3, -0.25) is 14.8 Å². The number of halogens is 1.